The second-order valence-electron chi connectivity index (χ2n) is 9.60. The Morgan fingerprint density at radius 1 is 0.905 bits per heavy atom. The zero-order valence-electron chi connectivity index (χ0n) is 22.0. The van der Waals surface area contributed by atoms with Gasteiger partial charge in [-0.2, -0.15) is 23.4 Å². The van der Waals surface area contributed by atoms with Gasteiger partial charge in [-0.15, -0.1) is 0 Å². The number of aryl methyl sites for hydroxylation is 1. The van der Waals surface area contributed by atoms with E-state index in [2.05, 4.69) is 25.5 Å². The lowest BCUT2D eigenvalue weighted by atomic mass is 9.99. The van der Waals surface area contributed by atoms with Gasteiger partial charge >= 0.3 is 6.18 Å². The highest BCUT2D eigenvalue weighted by atomic mass is 35.5. The van der Waals surface area contributed by atoms with E-state index in [9.17, 15) is 18.0 Å². The fourth-order valence-corrected chi connectivity index (χ4v) is 4.93. The second kappa shape index (κ2) is 10.7. The Bertz CT molecular complexity index is 1920. The molecule has 2 aromatic carbocycles. The molecule has 0 aliphatic rings. The molecule has 4 heterocycles. The Hall–Kier alpha value is -5.03. The van der Waals surface area contributed by atoms with Crippen molar-refractivity contribution in [2.45, 2.75) is 12.6 Å². The van der Waals surface area contributed by atoms with E-state index in [0.29, 0.717) is 11.3 Å². The maximum atomic E-state index is 13.2. The average molecular weight is 588 g/mol. The van der Waals surface area contributed by atoms with Gasteiger partial charge in [0, 0.05) is 59.8 Å². The summed E-state index contributed by atoms with van der Waals surface area (Å²) in [5.74, 6) is -0.456. The van der Waals surface area contributed by atoms with Crippen molar-refractivity contribution in [1.82, 2.24) is 29.4 Å². The number of nitrogens with one attached hydrogen (secondary N) is 1. The number of benzene rings is 2. The van der Waals surface area contributed by atoms with E-state index in [-0.39, 0.29) is 12.1 Å². The number of carbonyl (C=O) groups is 1. The molecule has 210 valence electrons. The molecule has 0 saturated carbocycles. The number of rotatable bonds is 6. The minimum absolute atomic E-state index is 0.0156. The van der Waals surface area contributed by atoms with Gasteiger partial charge in [0.2, 0.25) is 5.91 Å². The van der Waals surface area contributed by atoms with Crippen LogP contribution >= 0.6 is 11.6 Å². The summed E-state index contributed by atoms with van der Waals surface area (Å²) in [5.41, 5.74) is 5.59. The first-order valence-corrected chi connectivity index (χ1v) is 13.1. The Morgan fingerprint density at radius 2 is 1.71 bits per heavy atom. The van der Waals surface area contributed by atoms with Crippen molar-refractivity contribution in [3.63, 3.8) is 0 Å². The molecule has 42 heavy (non-hydrogen) atoms. The number of halogens is 4. The largest absolute Gasteiger partial charge is 0.417 e. The molecule has 12 heteroatoms. The summed E-state index contributed by atoms with van der Waals surface area (Å²) in [6.07, 6.45) is 7.67. The van der Waals surface area contributed by atoms with Gasteiger partial charge in [-0.25, -0.2) is 4.52 Å². The molecule has 0 unspecified atom stereocenters. The van der Waals surface area contributed by atoms with E-state index in [4.69, 9.17) is 11.6 Å². The van der Waals surface area contributed by atoms with Gasteiger partial charge in [-0.3, -0.25) is 19.4 Å². The highest BCUT2D eigenvalue weighted by molar-refractivity contribution is 6.31. The lowest BCUT2D eigenvalue weighted by Crippen LogP contribution is -2.15. The van der Waals surface area contributed by atoms with Crippen LogP contribution in [-0.4, -0.2) is 35.3 Å². The minimum atomic E-state index is -4.63. The first-order valence-electron chi connectivity index (χ1n) is 12.7. The van der Waals surface area contributed by atoms with Crippen molar-refractivity contribution in [3.05, 3.63) is 108 Å². The molecular formula is C30H21ClF3N7O. The molecule has 4 aromatic heterocycles. The van der Waals surface area contributed by atoms with Gasteiger partial charge in [0.05, 0.1) is 46.8 Å². The Morgan fingerprint density at radius 3 is 2.40 bits per heavy atom. The molecule has 0 bridgehead atoms. The summed E-state index contributed by atoms with van der Waals surface area (Å²) in [6, 6.07) is 12.6. The third-order valence-electron chi connectivity index (χ3n) is 6.67. The lowest BCUT2D eigenvalue weighted by molar-refractivity contribution is -0.137. The normalized spacial score (nSPS) is 11.6. The Balaban J connectivity index is 1.28. The number of pyridine rings is 1. The SMILES string of the molecule is Cn1cc(-c2cc(-c3cnccn3)c3c(-c4ccc(CC(=O)Nc5ccc(Cl)c(C(F)(F)F)c5)cc4)cnn3c2)cn1. The van der Waals surface area contributed by atoms with Gasteiger partial charge in [-0.05, 0) is 35.4 Å². The summed E-state index contributed by atoms with van der Waals surface area (Å²) < 4.78 is 43.0. The molecule has 8 nitrogen and oxygen atoms in total. The van der Waals surface area contributed by atoms with Crippen LogP contribution in [0.3, 0.4) is 0 Å². The first-order chi connectivity index (χ1) is 20.2. The molecule has 0 aliphatic carbocycles. The van der Waals surface area contributed by atoms with E-state index >= 15 is 0 Å². The van der Waals surface area contributed by atoms with Crippen molar-refractivity contribution in [1.29, 1.82) is 0 Å². The van der Waals surface area contributed by atoms with Crippen LogP contribution in [0, 0.1) is 0 Å². The second-order valence-corrected chi connectivity index (χ2v) is 10.0. The average Bonchev–Trinajstić information content (AvgIpc) is 3.60. The number of fused-ring (bicyclic) bond motifs is 1. The van der Waals surface area contributed by atoms with Crippen LogP contribution < -0.4 is 5.32 Å². The molecule has 1 amide bonds. The van der Waals surface area contributed by atoms with Gasteiger partial charge in [0.1, 0.15) is 0 Å². The summed E-state index contributed by atoms with van der Waals surface area (Å²) >= 11 is 5.67. The Kier molecular flexibility index (Phi) is 6.95. The van der Waals surface area contributed by atoms with Crippen LogP contribution in [-0.2, 0) is 24.4 Å². The molecule has 6 aromatic rings. The van der Waals surface area contributed by atoms with Gasteiger partial charge in [0.25, 0.3) is 0 Å². The van der Waals surface area contributed by atoms with Crippen LogP contribution in [0.2, 0.25) is 5.02 Å². The summed E-state index contributed by atoms with van der Waals surface area (Å²) in [6.45, 7) is 0. The van der Waals surface area contributed by atoms with E-state index < -0.39 is 22.7 Å². The van der Waals surface area contributed by atoms with Gasteiger partial charge < -0.3 is 5.32 Å². The number of aromatic nitrogens is 6. The molecule has 0 radical (unpaired) electrons. The maximum absolute atomic E-state index is 13.2. The van der Waals surface area contributed by atoms with E-state index in [1.165, 1.54) is 6.07 Å². The third kappa shape index (κ3) is 5.46. The fraction of sp³-hybridized carbons (Fsp3) is 0.100. The van der Waals surface area contributed by atoms with Gasteiger partial charge in [-0.1, -0.05) is 35.9 Å². The van der Waals surface area contributed by atoms with Crippen LogP contribution in [0.1, 0.15) is 11.1 Å². The summed E-state index contributed by atoms with van der Waals surface area (Å²) in [4.78, 5) is 21.4. The minimum Gasteiger partial charge on any atom is -0.326 e. The summed E-state index contributed by atoms with van der Waals surface area (Å²) in [5, 5.41) is 11.0. The molecule has 0 spiro atoms. The predicted octanol–water partition coefficient (Wildman–Crippen LogP) is 6.71. The van der Waals surface area contributed by atoms with Crippen molar-refractivity contribution in [2.75, 3.05) is 5.32 Å². The number of hydrogen-bond acceptors (Lipinski definition) is 5. The number of carbonyl (C=O) groups excluding carboxylic acids is 1. The molecule has 0 aliphatic heterocycles. The van der Waals surface area contributed by atoms with Gasteiger partial charge in [0.15, 0.2) is 0 Å². The van der Waals surface area contributed by atoms with Crippen molar-refractivity contribution in [2.24, 2.45) is 7.05 Å². The number of alkyl halides is 3. The first kappa shape index (κ1) is 27.2. The molecule has 0 saturated heterocycles. The Labute approximate surface area is 242 Å². The molecular weight excluding hydrogens is 567 g/mol. The third-order valence-corrected chi connectivity index (χ3v) is 7.00. The number of amides is 1. The highest BCUT2D eigenvalue weighted by Gasteiger charge is 2.33. The van der Waals surface area contributed by atoms with Crippen LogP contribution in [0.15, 0.2) is 91.9 Å². The van der Waals surface area contributed by atoms with Crippen molar-refractivity contribution < 1.29 is 18.0 Å². The highest BCUT2D eigenvalue weighted by Crippen LogP contribution is 2.37. The quantitative estimate of drug-likeness (QED) is 0.234. The smallest absolute Gasteiger partial charge is 0.326 e. The van der Waals surface area contributed by atoms with Crippen molar-refractivity contribution in [3.8, 4) is 33.5 Å². The lowest BCUT2D eigenvalue weighted by Gasteiger charge is -2.12. The van der Waals surface area contributed by atoms with E-state index in [1.807, 2.05) is 37.6 Å². The van der Waals surface area contributed by atoms with Crippen LogP contribution in [0.5, 0.6) is 0 Å². The monoisotopic (exact) mass is 587 g/mol. The van der Waals surface area contributed by atoms with E-state index in [1.54, 1.807) is 52.3 Å². The predicted molar refractivity (Wildman–Crippen MR) is 153 cm³/mol. The number of hydrogen-bond donors (Lipinski definition) is 1. The van der Waals surface area contributed by atoms with Crippen LogP contribution in [0.25, 0.3) is 39.0 Å². The molecule has 1 N–H and O–H groups in total. The van der Waals surface area contributed by atoms with Crippen molar-refractivity contribution >= 4 is 28.7 Å². The zero-order valence-corrected chi connectivity index (χ0v) is 22.7. The topological polar surface area (TPSA) is 90.0 Å². The summed E-state index contributed by atoms with van der Waals surface area (Å²) in [7, 11) is 1.85. The molecule has 0 atom stereocenters. The molecule has 0 fully saturated rings. The molecule has 6 rings (SSSR count). The zero-order chi connectivity index (χ0) is 29.4. The van der Waals surface area contributed by atoms with E-state index in [0.717, 1.165) is 45.5 Å². The fourth-order valence-electron chi connectivity index (χ4n) is 4.71. The number of anilines is 1. The number of nitrogens with zero attached hydrogens (tertiary/aromatic N) is 6. The maximum Gasteiger partial charge on any atom is 0.417 e. The van der Waals surface area contributed by atoms with Crippen LogP contribution in [0.4, 0.5) is 18.9 Å². The standard InChI is InChI=1S/C30H21ClF3N7O/c1-40-16-21(13-37-40)20-11-23(27-15-35-8-9-36-27)29-24(14-38-41(29)17-20)19-4-2-18(3-5-19)10-28(42)39-22-6-7-26(31)25(12-22)30(32,33)34/h2-9,11-17H,10H2,1H3,(H,39,42).